The summed E-state index contributed by atoms with van der Waals surface area (Å²) in [5.41, 5.74) is 9.73. The molecule has 0 aliphatic heterocycles. The monoisotopic (exact) mass is 255 g/mol. The summed E-state index contributed by atoms with van der Waals surface area (Å²) in [4.78, 5) is 0. The molecule has 19 heavy (non-hydrogen) atoms. The Balaban J connectivity index is 1.84. The highest BCUT2D eigenvalue weighted by atomic mass is 14.7. The Morgan fingerprint density at radius 1 is 1.00 bits per heavy atom. The lowest BCUT2D eigenvalue weighted by molar-refractivity contribution is -0.0570. The minimum atomic E-state index is 0.304. The van der Waals surface area contributed by atoms with Crippen LogP contribution in [0.4, 0.5) is 0 Å². The molecule has 1 heteroatoms. The molecule has 102 valence electrons. The fraction of sp³-hybridized carbons (Fsp3) is 0.667. The van der Waals surface area contributed by atoms with E-state index >= 15 is 0 Å². The minimum Gasteiger partial charge on any atom is -0.330 e. The molecular formula is C18H25N. The van der Waals surface area contributed by atoms with Crippen LogP contribution in [0.25, 0.3) is 0 Å². The number of hydrogen-bond donors (Lipinski definition) is 1. The van der Waals surface area contributed by atoms with Crippen LogP contribution in [0, 0.1) is 30.6 Å². The molecule has 4 fully saturated rings. The fourth-order valence-electron chi connectivity index (χ4n) is 6.00. The summed E-state index contributed by atoms with van der Waals surface area (Å²) >= 11 is 0. The van der Waals surface area contributed by atoms with Crippen LogP contribution >= 0.6 is 0 Å². The van der Waals surface area contributed by atoms with E-state index in [9.17, 15) is 0 Å². The largest absolute Gasteiger partial charge is 0.330 e. The summed E-state index contributed by atoms with van der Waals surface area (Å²) < 4.78 is 0. The normalized spacial score (nSPS) is 43.7. The quantitative estimate of drug-likeness (QED) is 0.857. The van der Waals surface area contributed by atoms with Crippen molar-refractivity contribution < 1.29 is 0 Å². The molecule has 1 aromatic rings. The molecule has 4 aliphatic rings. The van der Waals surface area contributed by atoms with E-state index in [0.717, 1.165) is 30.2 Å². The molecule has 2 N–H and O–H groups in total. The van der Waals surface area contributed by atoms with E-state index in [1.54, 1.807) is 5.56 Å². The van der Waals surface area contributed by atoms with Crippen molar-refractivity contribution in [1.29, 1.82) is 0 Å². The third kappa shape index (κ3) is 1.51. The summed E-state index contributed by atoms with van der Waals surface area (Å²) in [6, 6.07) is 9.02. The molecule has 4 aliphatic carbocycles. The molecule has 5 rings (SSSR count). The smallest absolute Gasteiger partial charge is 0.0135 e. The molecule has 0 atom stereocenters. The Bertz CT molecular complexity index is 462. The van der Waals surface area contributed by atoms with Gasteiger partial charge in [-0.15, -0.1) is 0 Å². The van der Waals surface area contributed by atoms with Crippen LogP contribution in [0.3, 0.4) is 0 Å². The third-order valence-electron chi connectivity index (χ3n) is 6.58. The van der Waals surface area contributed by atoms with Gasteiger partial charge in [-0.25, -0.2) is 0 Å². The Morgan fingerprint density at radius 2 is 1.58 bits per heavy atom. The van der Waals surface area contributed by atoms with Crippen molar-refractivity contribution in [1.82, 2.24) is 0 Å². The Kier molecular flexibility index (Phi) is 2.57. The topological polar surface area (TPSA) is 26.0 Å². The van der Waals surface area contributed by atoms with Crippen molar-refractivity contribution >= 4 is 0 Å². The number of aryl methyl sites for hydroxylation is 1. The van der Waals surface area contributed by atoms with Crippen LogP contribution in [0.1, 0.15) is 43.2 Å². The molecular weight excluding hydrogens is 230 g/mol. The van der Waals surface area contributed by atoms with Crippen LogP contribution < -0.4 is 5.73 Å². The minimum absolute atomic E-state index is 0.304. The van der Waals surface area contributed by atoms with Crippen molar-refractivity contribution in [2.75, 3.05) is 6.54 Å². The van der Waals surface area contributed by atoms with Gasteiger partial charge in [0, 0.05) is 12.0 Å². The van der Waals surface area contributed by atoms with Gasteiger partial charge < -0.3 is 5.73 Å². The lowest BCUT2D eigenvalue weighted by Gasteiger charge is -2.61. The molecule has 1 aromatic carbocycles. The standard InChI is InChI=1S/C18H25N/c1-12-4-2-3-5-17(12)18(11-19)15-7-13-6-14(9-15)10-16(18)8-13/h2-5,13-16H,6-11,19H2,1H3. The van der Waals surface area contributed by atoms with Gasteiger partial charge in [0.1, 0.15) is 0 Å². The van der Waals surface area contributed by atoms with Crippen LogP contribution in [0.2, 0.25) is 0 Å². The molecule has 0 spiro atoms. The second kappa shape index (κ2) is 4.09. The van der Waals surface area contributed by atoms with Gasteiger partial charge in [-0.3, -0.25) is 0 Å². The van der Waals surface area contributed by atoms with Crippen LogP contribution in [-0.2, 0) is 5.41 Å². The maximum absolute atomic E-state index is 6.39. The summed E-state index contributed by atoms with van der Waals surface area (Å²) in [6.07, 6.45) is 7.29. The zero-order chi connectivity index (χ0) is 13.0. The molecule has 1 nitrogen and oxygen atoms in total. The molecule has 0 heterocycles. The number of hydrogen-bond acceptors (Lipinski definition) is 1. The molecule has 4 saturated carbocycles. The van der Waals surface area contributed by atoms with Crippen molar-refractivity contribution in [2.24, 2.45) is 29.4 Å². The molecule has 0 radical (unpaired) electrons. The van der Waals surface area contributed by atoms with Crippen LogP contribution in [-0.4, -0.2) is 6.54 Å². The Labute approximate surface area is 116 Å². The first kappa shape index (κ1) is 12.0. The highest BCUT2D eigenvalue weighted by Gasteiger charge is 2.57. The van der Waals surface area contributed by atoms with Crippen LogP contribution in [0.5, 0.6) is 0 Å². The summed E-state index contributed by atoms with van der Waals surface area (Å²) in [7, 11) is 0. The summed E-state index contributed by atoms with van der Waals surface area (Å²) in [5.74, 6) is 3.75. The van der Waals surface area contributed by atoms with Gasteiger partial charge in [0.15, 0.2) is 0 Å². The second-order valence-corrected chi connectivity index (χ2v) is 7.36. The average molecular weight is 255 g/mol. The highest BCUT2D eigenvalue weighted by molar-refractivity contribution is 5.37. The Morgan fingerprint density at radius 3 is 2.11 bits per heavy atom. The van der Waals surface area contributed by atoms with Crippen molar-refractivity contribution in [3.8, 4) is 0 Å². The van der Waals surface area contributed by atoms with Crippen molar-refractivity contribution in [3.05, 3.63) is 35.4 Å². The fourth-order valence-corrected chi connectivity index (χ4v) is 6.00. The van der Waals surface area contributed by atoms with E-state index in [1.165, 1.54) is 37.7 Å². The first-order valence-electron chi connectivity index (χ1n) is 8.00. The second-order valence-electron chi connectivity index (χ2n) is 7.36. The van der Waals surface area contributed by atoms with E-state index in [4.69, 9.17) is 5.73 Å². The lowest BCUT2D eigenvalue weighted by atomic mass is 9.43. The summed E-state index contributed by atoms with van der Waals surface area (Å²) in [5, 5.41) is 0. The van der Waals surface area contributed by atoms with Crippen LogP contribution in [0.15, 0.2) is 24.3 Å². The van der Waals surface area contributed by atoms with Gasteiger partial charge in [-0.2, -0.15) is 0 Å². The molecule has 0 aromatic heterocycles. The average Bonchev–Trinajstić information content (AvgIpc) is 2.40. The maximum Gasteiger partial charge on any atom is 0.0135 e. The van der Waals surface area contributed by atoms with Gasteiger partial charge in [0.2, 0.25) is 0 Å². The summed E-state index contributed by atoms with van der Waals surface area (Å²) in [6.45, 7) is 3.13. The maximum atomic E-state index is 6.39. The molecule has 0 saturated heterocycles. The number of rotatable bonds is 2. The van der Waals surface area contributed by atoms with Crippen molar-refractivity contribution in [3.63, 3.8) is 0 Å². The van der Waals surface area contributed by atoms with Gasteiger partial charge in [0.05, 0.1) is 0 Å². The predicted octanol–water partition coefficient (Wildman–Crippen LogP) is 3.65. The van der Waals surface area contributed by atoms with E-state index in [1.807, 2.05) is 0 Å². The first-order valence-corrected chi connectivity index (χ1v) is 8.00. The zero-order valence-electron chi connectivity index (χ0n) is 11.9. The van der Waals surface area contributed by atoms with Gasteiger partial charge in [0.25, 0.3) is 0 Å². The first-order chi connectivity index (χ1) is 9.24. The third-order valence-corrected chi connectivity index (χ3v) is 6.58. The van der Waals surface area contributed by atoms with E-state index < -0.39 is 0 Å². The number of benzene rings is 1. The number of nitrogens with two attached hydrogens (primary N) is 1. The molecule has 0 amide bonds. The SMILES string of the molecule is Cc1ccccc1C1(CN)C2CC3CC(C2)CC1C3. The molecule has 4 bridgehead atoms. The van der Waals surface area contributed by atoms with Gasteiger partial charge in [-0.05, 0) is 73.8 Å². The van der Waals surface area contributed by atoms with E-state index in [-0.39, 0.29) is 0 Å². The van der Waals surface area contributed by atoms with Crippen molar-refractivity contribution in [2.45, 2.75) is 44.4 Å². The molecule has 0 unspecified atom stereocenters. The highest BCUT2D eigenvalue weighted by Crippen LogP contribution is 2.62. The van der Waals surface area contributed by atoms with Gasteiger partial charge in [-0.1, -0.05) is 24.3 Å². The zero-order valence-corrected chi connectivity index (χ0v) is 11.9. The Hall–Kier alpha value is -0.820. The van der Waals surface area contributed by atoms with E-state index in [0.29, 0.717) is 5.41 Å². The lowest BCUT2D eigenvalue weighted by Crippen LogP contribution is -2.59. The predicted molar refractivity (Wildman–Crippen MR) is 79.0 cm³/mol. The van der Waals surface area contributed by atoms with Gasteiger partial charge >= 0.3 is 0 Å². The van der Waals surface area contributed by atoms with E-state index in [2.05, 4.69) is 31.2 Å².